The minimum absolute atomic E-state index is 0.0598. The van der Waals surface area contributed by atoms with Crippen molar-refractivity contribution in [3.63, 3.8) is 0 Å². The molecule has 1 aromatic heterocycles. The average Bonchev–Trinajstić information content (AvgIpc) is 3.12. The van der Waals surface area contributed by atoms with Crippen LogP contribution in [0.1, 0.15) is 16.1 Å². The molecule has 0 saturated heterocycles. The standard InChI is InChI=1S/C19H15F2NO4S/c1-27(24,25)16-7-4-13(5-8-16)19(23)22(12-15-3-2-10-26-15)18-9-6-14(20)11-17(18)21/h2-11H,12H2,1H3. The molecule has 0 fully saturated rings. The molecule has 0 bridgehead atoms. The lowest BCUT2D eigenvalue weighted by atomic mass is 10.1. The normalized spacial score (nSPS) is 11.4. The van der Waals surface area contributed by atoms with Gasteiger partial charge in [0.25, 0.3) is 5.91 Å². The monoisotopic (exact) mass is 391 g/mol. The first-order valence-electron chi connectivity index (χ1n) is 7.85. The molecular formula is C19H15F2NO4S. The molecule has 0 aliphatic heterocycles. The summed E-state index contributed by atoms with van der Waals surface area (Å²) in [6.45, 7) is -0.0811. The SMILES string of the molecule is CS(=O)(=O)c1ccc(C(=O)N(Cc2ccco2)c2ccc(F)cc2F)cc1. The molecule has 0 radical (unpaired) electrons. The molecule has 1 amide bonds. The summed E-state index contributed by atoms with van der Waals surface area (Å²) in [6, 6.07) is 11.4. The van der Waals surface area contributed by atoms with Crippen molar-refractivity contribution in [3.8, 4) is 0 Å². The number of amides is 1. The summed E-state index contributed by atoms with van der Waals surface area (Å²) in [6.07, 6.45) is 2.47. The summed E-state index contributed by atoms with van der Waals surface area (Å²) in [7, 11) is -3.41. The van der Waals surface area contributed by atoms with Gasteiger partial charge < -0.3 is 4.42 Å². The summed E-state index contributed by atoms with van der Waals surface area (Å²) in [5.74, 6) is -1.85. The molecule has 0 spiro atoms. The first-order valence-corrected chi connectivity index (χ1v) is 9.74. The Bertz CT molecular complexity index is 1060. The molecule has 0 atom stereocenters. The van der Waals surface area contributed by atoms with E-state index in [1.807, 2.05) is 0 Å². The second-order valence-corrected chi connectivity index (χ2v) is 7.88. The minimum Gasteiger partial charge on any atom is -0.467 e. The fourth-order valence-corrected chi connectivity index (χ4v) is 3.16. The summed E-state index contributed by atoms with van der Waals surface area (Å²) < 4.78 is 55.9. The van der Waals surface area contributed by atoms with Crippen LogP contribution in [0, 0.1) is 11.6 Å². The van der Waals surface area contributed by atoms with Crippen molar-refractivity contribution in [2.24, 2.45) is 0 Å². The number of hydrogen-bond donors (Lipinski definition) is 0. The summed E-state index contributed by atoms with van der Waals surface area (Å²) in [5, 5.41) is 0. The van der Waals surface area contributed by atoms with E-state index in [-0.39, 0.29) is 22.7 Å². The molecule has 0 saturated carbocycles. The van der Waals surface area contributed by atoms with E-state index in [1.165, 1.54) is 30.5 Å². The Hall–Kier alpha value is -3.00. The molecular weight excluding hydrogens is 376 g/mol. The predicted molar refractivity (Wildman–Crippen MR) is 95.1 cm³/mol. The van der Waals surface area contributed by atoms with Crippen LogP contribution in [0.4, 0.5) is 14.5 Å². The maximum Gasteiger partial charge on any atom is 0.258 e. The number of anilines is 1. The lowest BCUT2D eigenvalue weighted by Gasteiger charge is -2.22. The fourth-order valence-electron chi connectivity index (χ4n) is 2.53. The van der Waals surface area contributed by atoms with E-state index in [4.69, 9.17) is 4.42 Å². The lowest BCUT2D eigenvalue weighted by molar-refractivity contribution is 0.0982. The lowest BCUT2D eigenvalue weighted by Crippen LogP contribution is -2.31. The summed E-state index contributed by atoms with van der Waals surface area (Å²) in [4.78, 5) is 14.1. The Balaban J connectivity index is 2.00. The van der Waals surface area contributed by atoms with Crippen molar-refractivity contribution in [2.45, 2.75) is 11.4 Å². The van der Waals surface area contributed by atoms with E-state index in [0.717, 1.165) is 23.3 Å². The van der Waals surface area contributed by atoms with Crippen LogP contribution in [-0.2, 0) is 16.4 Å². The van der Waals surface area contributed by atoms with Gasteiger partial charge in [0.15, 0.2) is 9.84 Å². The number of carbonyl (C=O) groups is 1. The van der Waals surface area contributed by atoms with E-state index in [2.05, 4.69) is 0 Å². The number of benzene rings is 2. The number of hydrogen-bond acceptors (Lipinski definition) is 4. The second-order valence-electron chi connectivity index (χ2n) is 5.86. The van der Waals surface area contributed by atoms with Gasteiger partial charge in [-0.3, -0.25) is 9.69 Å². The van der Waals surface area contributed by atoms with Gasteiger partial charge in [0.05, 0.1) is 23.4 Å². The number of rotatable bonds is 5. The molecule has 2 aromatic carbocycles. The zero-order valence-electron chi connectivity index (χ0n) is 14.2. The average molecular weight is 391 g/mol. The minimum atomic E-state index is -3.41. The van der Waals surface area contributed by atoms with Crippen molar-refractivity contribution in [1.29, 1.82) is 0 Å². The highest BCUT2D eigenvalue weighted by Gasteiger charge is 2.23. The zero-order chi connectivity index (χ0) is 19.6. The van der Waals surface area contributed by atoms with Gasteiger partial charge in [-0.1, -0.05) is 0 Å². The van der Waals surface area contributed by atoms with Crippen LogP contribution in [0.3, 0.4) is 0 Å². The molecule has 5 nitrogen and oxygen atoms in total. The molecule has 3 rings (SSSR count). The number of furan rings is 1. The first kappa shape index (κ1) is 18.8. The second kappa shape index (κ2) is 7.32. The molecule has 1 heterocycles. The van der Waals surface area contributed by atoms with Crippen LogP contribution < -0.4 is 4.90 Å². The zero-order valence-corrected chi connectivity index (χ0v) is 15.0. The topological polar surface area (TPSA) is 67.6 Å². The highest BCUT2D eigenvalue weighted by Crippen LogP contribution is 2.25. The smallest absolute Gasteiger partial charge is 0.258 e. The van der Waals surface area contributed by atoms with Crippen LogP contribution in [0.15, 0.2) is 70.2 Å². The number of carbonyl (C=O) groups excluding carboxylic acids is 1. The van der Waals surface area contributed by atoms with E-state index < -0.39 is 27.4 Å². The Labute approximate surface area is 154 Å². The van der Waals surface area contributed by atoms with Gasteiger partial charge in [-0.2, -0.15) is 0 Å². The van der Waals surface area contributed by atoms with Crippen molar-refractivity contribution in [1.82, 2.24) is 0 Å². The van der Waals surface area contributed by atoms with Gasteiger partial charge >= 0.3 is 0 Å². The van der Waals surface area contributed by atoms with Crippen LogP contribution in [-0.4, -0.2) is 20.6 Å². The van der Waals surface area contributed by atoms with Gasteiger partial charge in [-0.15, -0.1) is 0 Å². The fraction of sp³-hybridized carbons (Fsp3) is 0.105. The molecule has 0 unspecified atom stereocenters. The summed E-state index contributed by atoms with van der Waals surface area (Å²) >= 11 is 0. The number of sulfone groups is 1. The molecule has 0 N–H and O–H groups in total. The Morgan fingerprint density at radius 1 is 1.07 bits per heavy atom. The van der Waals surface area contributed by atoms with Crippen LogP contribution in [0.25, 0.3) is 0 Å². The maximum atomic E-state index is 14.3. The van der Waals surface area contributed by atoms with E-state index in [9.17, 15) is 22.0 Å². The van der Waals surface area contributed by atoms with Gasteiger partial charge in [0.2, 0.25) is 0 Å². The molecule has 27 heavy (non-hydrogen) atoms. The van der Waals surface area contributed by atoms with Crippen molar-refractivity contribution >= 4 is 21.4 Å². The molecule has 140 valence electrons. The predicted octanol–water partition coefficient (Wildman–Crippen LogP) is 3.81. The Morgan fingerprint density at radius 3 is 2.33 bits per heavy atom. The highest BCUT2D eigenvalue weighted by molar-refractivity contribution is 7.90. The Kier molecular flexibility index (Phi) is 5.09. The van der Waals surface area contributed by atoms with Crippen molar-refractivity contribution < 1.29 is 26.4 Å². The largest absolute Gasteiger partial charge is 0.467 e. The number of nitrogens with zero attached hydrogens (tertiary/aromatic N) is 1. The third kappa shape index (κ3) is 4.22. The van der Waals surface area contributed by atoms with E-state index in [0.29, 0.717) is 11.8 Å². The molecule has 0 aliphatic rings. The van der Waals surface area contributed by atoms with Crippen LogP contribution in [0.5, 0.6) is 0 Å². The first-order chi connectivity index (χ1) is 12.8. The van der Waals surface area contributed by atoms with Gasteiger partial charge in [0.1, 0.15) is 17.4 Å². The van der Waals surface area contributed by atoms with Crippen molar-refractivity contribution in [3.05, 3.63) is 83.8 Å². The highest BCUT2D eigenvalue weighted by atomic mass is 32.2. The van der Waals surface area contributed by atoms with Gasteiger partial charge in [-0.25, -0.2) is 17.2 Å². The Morgan fingerprint density at radius 2 is 1.78 bits per heavy atom. The van der Waals surface area contributed by atoms with Crippen molar-refractivity contribution in [2.75, 3.05) is 11.2 Å². The molecule has 8 heteroatoms. The third-order valence-corrected chi connectivity index (χ3v) is 5.00. The summed E-state index contributed by atoms with van der Waals surface area (Å²) in [5.41, 5.74) is 0.0303. The molecule has 3 aromatic rings. The molecule has 0 aliphatic carbocycles. The van der Waals surface area contributed by atoms with E-state index in [1.54, 1.807) is 12.1 Å². The maximum absolute atomic E-state index is 14.3. The van der Waals surface area contributed by atoms with Gasteiger partial charge in [-0.05, 0) is 48.5 Å². The number of halogens is 2. The van der Waals surface area contributed by atoms with Crippen LogP contribution in [0.2, 0.25) is 0 Å². The quantitative estimate of drug-likeness (QED) is 0.663. The van der Waals surface area contributed by atoms with Crippen LogP contribution >= 0.6 is 0 Å². The van der Waals surface area contributed by atoms with E-state index >= 15 is 0 Å². The third-order valence-electron chi connectivity index (χ3n) is 3.87. The van der Waals surface area contributed by atoms with Gasteiger partial charge in [0, 0.05) is 17.9 Å².